The van der Waals surface area contributed by atoms with Gasteiger partial charge in [-0.3, -0.25) is 4.79 Å². The maximum absolute atomic E-state index is 11.2. The van der Waals surface area contributed by atoms with Crippen LogP contribution in [0.4, 0.5) is 0 Å². The van der Waals surface area contributed by atoms with Gasteiger partial charge in [0, 0.05) is 26.6 Å². The number of rotatable bonds is 15. The molecule has 0 radical (unpaired) electrons. The van der Waals surface area contributed by atoms with E-state index in [0.29, 0.717) is 43.0 Å². The van der Waals surface area contributed by atoms with E-state index in [4.69, 9.17) is 25.1 Å². The maximum atomic E-state index is 11.2. The van der Waals surface area contributed by atoms with Gasteiger partial charge in [0.2, 0.25) is 0 Å². The number of benzene rings is 1. The number of aliphatic carboxylic acids is 1. The van der Waals surface area contributed by atoms with Crippen molar-refractivity contribution in [1.82, 2.24) is 0 Å². The minimum absolute atomic E-state index is 0.0369. The standard InChI is InChI=1S/C23H39NO6/c1-16(2)18(8-9-19(25)15-23(3,24)22(26)27)13-17-7-10-20(29-5)21(14-17)30-12-6-11-28-4/h7,10,14,16,18-19,25H,6,8-9,11-13,15,24H2,1-5H3,(H,26,27)/t18-,19-,23+/m0/s1. The van der Waals surface area contributed by atoms with E-state index in [1.807, 2.05) is 18.2 Å². The second-order valence-corrected chi connectivity index (χ2v) is 8.55. The van der Waals surface area contributed by atoms with Crippen molar-refractivity contribution >= 4 is 5.97 Å². The molecule has 1 aromatic rings. The Kier molecular flexibility index (Phi) is 11.2. The number of aliphatic hydroxyl groups excluding tert-OH is 1. The summed E-state index contributed by atoms with van der Waals surface area (Å²) < 4.78 is 16.3. The van der Waals surface area contributed by atoms with Gasteiger partial charge in [0.1, 0.15) is 5.54 Å². The highest BCUT2D eigenvalue weighted by molar-refractivity contribution is 5.77. The van der Waals surface area contributed by atoms with Crippen LogP contribution in [0.25, 0.3) is 0 Å². The third-order valence-corrected chi connectivity index (χ3v) is 5.44. The topological polar surface area (TPSA) is 111 Å². The van der Waals surface area contributed by atoms with Gasteiger partial charge < -0.3 is 30.2 Å². The number of ether oxygens (including phenoxy) is 3. The van der Waals surface area contributed by atoms with E-state index in [1.54, 1.807) is 14.2 Å². The quantitative estimate of drug-likeness (QED) is 0.370. The van der Waals surface area contributed by atoms with Crippen LogP contribution in [0.15, 0.2) is 18.2 Å². The summed E-state index contributed by atoms with van der Waals surface area (Å²) in [6.45, 7) is 6.95. The number of carbonyl (C=O) groups is 1. The fourth-order valence-corrected chi connectivity index (χ4v) is 3.41. The van der Waals surface area contributed by atoms with Crippen molar-refractivity contribution in [2.45, 2.75) is 64.5 Å². The Morgan fingerprint density at radius 2 is 1.87 bits per heavy atom. The van der Waals surface area contributed by atoms with Crippen LogP contribution in [0, 0.1) is 11.8 Å². The van der Waals surface area contributed by atoms with E-state index in [2.05, 4.69) is 13.8 Å². The Morgan fingerprint density at radius 3 is 2.43 bits per heavy atom. The fourth-order valence-electron chi connectivity index (χ4n) is 3.41. The molecule has 0 aliphatic carbocycles. The Labute approximate surface area is 180 Å². The highest BCUT2D eigenvalue weighted by atomic mass is 16.5. The summed E-state index contributed by atoms with van der Waals surface area (Å²) in [7, 11) is 3.29. The van der Waals surface area contributed by atoms with Gasteiger partial charge in [-0.15, -0.1) is 0 Å². The van der Waals surface area contributed by atoms with Crippen LogP contribution in [0.3, 0.4) is 0 Å². The van der Waals surface area contributed by atoms with Crippen molar-refractivity contribution in [2.24, 2.45) is 17.6 Å². The van der Waals surface area contributed by atoms with Crippen molar-refractivity contribution in [1.29, 1.82) is 0 Å². The molecular weight excluding hydrogens is 386 g/mol. The van der Waals surface area contributed by atoms with Gasteiger partial charge in [0.25, 0.3) is 0 Å². The zero-order valence-electron chi connectivity index (χ0n) is 19.0. The minimum atomic E-state index is -1.42. The molecule has 7 heteroatoms. The summed E-state index contributed by atoms with van der Waals surface area (Å²) in [5.41, 5.74) is 5.48. The van der Waals surface area contributed by atoms with Crippen LogP contribution in [0.2, 0.25) is 0 Å². The van der Waals surface area contributed by atoms with Gasteiger partial charge in [0.15, 0.2) is 11.5 Å². The average Bonchev–Trinajstić information content (AvgIpc) is 2.67. The summed E-state index contributed by atoms with van der Waals surface area (Å²) in [6, 6.07) is 5.97. The molecule has 7 nitrogen and oxygen atoms in total. The van der Waals surface area contributed by atoms with Crippen molar-refractivity contribution in [3.63, 3.8) is 0 Å². The Bertz CT molecular complexity index is 647. The zero-order valence-corrected chi connectivity index (χ0v) is 19.0. The van der Waals surface area contributed by atoms with Crippen LogP contribution in [-0.4, -0.2) is 55.3 Å². The summed E-state index contributed by atoms with van der Waals surface area (Å²) in [5.74, 6) is 1.06. The number of hydrogen-bond acceptors (Lipinski definition) is 6. The first kappa shape index (κ1) is 26.2. The van der Waals surface area contributed by atoms with E-state index in [9.17, 15) is 9.90 Å². The molecule has 0 aliphatic rings. The zero-order chi connectivity index (χ0) is 22.7. The first-order chi connectivity index (χ1) is 14.1. The molecule has 0 bridgehead atoms. The summed E-state index contributed by atoms with van der Waals surface area (Å²) in [5, 5.41) is 19.4. The first-order valence-corrected chi connectivity index (χ1v) is 10.6. The van der Waals surface area contributed by atoms with E-state index < -0.39 is 17.6 Å². The van der Waals surface area contributed by atoms with Crippen molar-refractivity contribution < 1.29 is 29.2 Å². The third kappa shape index (κ3) is 8.90. The highest BCUT2D eigenvalue weighted by Crippen LogP contribution is 2.31. The molecule has 30 heavy (non-hydrogen) atoms. The van der Waals surface area contributed by atoms with Gasteiger partial charge in [-0.1, -0.05) is 19.9 Å². The van der Waals surface area contributed by atoms with Gasteiger partial charge >= 0.3 is 5.97 Å². The molecular formula is C23H39NO6. The van der Waals surface area contributed by atoms with Gasteiger partial charge in [-0.25, -0.2) is 0 Å². The van der Waals surface area contributed by atoms with Gasteiger partial charge in [0.05, 0.1) is 19.8 Å². The predicted molar refractivity (Wildman–Crippen MR) is 117 cm³/mol. The third-order valence-electron chi connectivity index (χ3n) is 5.44. The van der Waals surface area contributed by atoms with Crippen LogP contribution in [0.1, 0.15) is 52.0 Å². The van der Waals surface area contributed by atoms with Crippen LogP contribution in [-0.2, 0) is 16.0 Å². The Balaban J connectivity index is 2.74. The SMILES string of the molecule is COCCCOc1cc(C[C@H](CC[C@H](O)C[C@@](C)(N)C(=O)O)C(C)C)ccc1OC. The molecule has 0 aromatic heterocycles. The molecule has 0 heterocycles. The normalized spacial score (nSPS) is 15.5. The largest absolute Gasteiger partial charge is 0.493 e. The summed E-state index contributed by atoms with van der Waals surface area (Å²) in [6.07, 6.45) is 2.22. The summed E-state index contributed by atoms with van der Waals surface area (Å²) >= 11 is 0. The monoisotopic (exact) mass is 425 g/mol. The molecule has 3 atom stereocenters. The molecule has 0 saturated carbocycles. The van der Waals surface area contributed by atoms with E-state index in [-0.39, 0.29) is 6.42 Å². The van der Waals surface area contributed by atoms with E-state index >= 15 is 0 Å². The van der Waals surface area contributed by atoms with Crippen LogP contribution >= 0.6 is 0 Å². The summed E-state index contributed by atoms with van der Waals surface area (Å²) in [4.78, 5) is 11.2. The number of aliphatic hydroxyl groups is 1. The Morgan fingerprint density at radius 1 is 1.17 bits per heavy atom. The second-order valence-electron chi connectivity index (χ2n) is 8.55. The molecule has 0 amide bonds. The van der Waals surface area contributed by atoms with Crippen molar-refractivity contribution in [2.75, 3.05) is 27.4 Å². The van der Waals surface area contributed by atoms with Gasteiger partial charge in [-0.05, 0) is 55.7 Å². The lowest BCUT2D eigenvalue weighted by Gasteiger charge is -2.26. The Hall–Kier alpha value is -1.83. The molecule has 4 N–H and O–H groups in total. The van der Waals surface area contributed by atoms with Crippen LogP contribution < -0.4 is 15.2 Å². The molecule has 0 saturated heterocycles. The average molecular weight is 426 g/mol. The number of carboxylic acid groups (broad SMARTS) is 1. The maximum Gasteiger partial charge on any atom is 0.323 e. The predicted octanol–water partition coefficient (Wildman–Crippen LogP) is 3.26. The lowest BCUT2D eigenvalue weighted by molar-refractivity contribution is -0.143. The highest BCUT2D eigenvalue weighted by Gasteiger charge is 2.31. The minimum Gasteiger partial charge on any atom is -0.493 e. The number of hydrogen-bond donors (Lipinski definition) is 3. The molecule has 0 fully saturated rings. The lowest BCUT2D eigenvalue weighted by Crippen LogP contribution is -2.47. The molecule has 172 valence electrons. The number of nitrogens with two attached hydrogens (primary N) is 1. The first-order valence-electron chi connectivity index (χ1n) is 10.6. The lowest BCUT2D eigenvalue weighted by atomic mass is 9.83. The van der Waals surface area contributed by atoms with Gasteiger partial charge in [-0.2, -0.15) is 0 Å². The smallest absolute Gasteiger partial charge is 0.323 e. The molecule has 0 unspecified atom stereocenters. The van der Waals surface area contributed by atoms with Crippen molar-refractivity contribution in [3.05, 3.63) is 23.8 Å². The molecule has 1 aromatic carbocycles. The fraction of sp³-hybridized carbons (Fsp3) is 0.696. The molecule has 1 rings (SSSR count). The van der Waals surface area contributed by atoms with E-state index in [1.165, 1.54) is 6.92 Å². The molecule has 0 spiro atoms. The van der Waals surface area contributed by atoms with Crippen LogP contribution in [0.5, 0.6) is 11.5 Å². The number of methoxy groups -OCH3 is 2. The second kappa shape index (κ2) is 12.8. The van der Waals surface area contributed by atoms with Crippen molar-refractivity contribution in [3.8, 4) is 11.5 Å². The van der Waals surface area contributed by atoms with E-state index in [0.717, 1.165) is 24.8 Å². The molecule has 0 aliphatic heterocycles. The number of carboxylic acids is 1.